The van der Waals surface area contributed by atoms with Gasteiger partial charge in [0, 0.05) is 63.8 Å². The first-order valence-corrected chi connectivity index (χ1v) is 30.4. The average molecular weight is 1210 g/mol. The van der Waals surface area contributed by atoms with E-state index in [0.29, 0.717) is 27.5 Å². The summed E-state index contributed by atoms with van der Waals surface area (Å²) in [6, 6.07) is 65.9. The molecule has 20 heteroatoms. The zero-order chi connectivity index (χ0) is 61.6. The molecule has 10 aromatic rings. The molecule has 6 aromatic carbocycles. The molecule has 444 valence electrons. The van der Waals surface area contributed by atoms with E-state index in [0.717, 1.165) is 40.5 Å². The van der Waals surface area contributed by atoms with E-state index in [4.69, 9.17) is 5.73 Å². The van der Waals surface area contributed by atoms with Crippen molar-refractivity contribution in [1.82, 2.24) is 39.1 Å². The van der Waals surface area contributed by atoms with Gasteiger partial charge in [-0.05, 0) is 90.6 Å². The summed E-state index contributed by atoms with van der Waals surface area (Å²) in [4.78, 5) is 0. The van der Waals surface area contributed by atoms with Crippen LogP contribution in [0.5, 0.6) is 5.88 Å². The van der Waals surface area contributed by atoms with Crippen LogP contribution in [0.15, 0.2) is 213 Å². The van der Waals surface area contributed by atoms with Crippen molar-refractivity contribution in [1.29, 1.82) is 0 Å². The molecule has 1 aliphatic heterocycles. The molecule has 0 spiro atoms. The summed E-state index contributed by atoms with van der Waals surface area (Å²) in [7, 11) is -5.90. The minimum atomic E-state index is -5.71. The van der Waals surface area contributed by atoms with Gasteiger partial charge in [0.05, 0.1) is 22.7 Å². The second-order valence-electron chi connectivity index (χ2n) is 23.3. The standard InChI is InChI=1S/C23H29P.C19H17N5.C11H9F3N2O3S.C9H9N3.C4H9O.Na/c1-20(2,3)24-21(4,5)18-14-10-11-15-19(18)23(16-22(23,24)6)17-12-8-7-9-13-17;1-15-14-19(22-24(15)17-10-6-3-7-11-17)20-18-12-13-23(21-18)16-8-4-2-5-9-16;1-8-7-10(19-20(17,18)11(12,13)14)15-16(8)9-5-3-2-4-6-9;10-9-6-7-12(11-9)8-4-2-1-3-5-8;1-4(2,3)5;/h7-15H,16H2,1-6H3;2-14H,1H3,(H,20,21,22);2-7H,1H3;1-7H,(H2,10,11);1-3H3;/q;;;;-1;+1. The van der Waals surface area contributed by atoms with Crippen LogP contribution >= 0.6 is 7.92 Å². The summed E-state index contributed by atoms with van der Waals surface area (Å²) in [6.45, 7) is 23.5. The van der Waals surface area contributed by atoms with Crippen molar-refractivity contribution in [2.24, 2.45) is 0 Å². The van der Waals surface area contributed by atoms with Crippen LogP contribution in [0.4, 0.5) is 30.6 Å². The first-order chi connectivity index (χ1) is 40.0. The van der Waals surface area contributed by atoms with Gasteiger partial charge in [-0.2, -0.15) is 31.8 Å². The average Bonchev–Trinajstić information content (AvgIpc) is 1.47. The topological polar surface area (TPSA) is 176 Å². The largest absolute Gasteiger partial charge is 1.00 e. The fraction of sp³-hybridized carbons (Fsp3) is 0.273. The van der Waals surface area contributed by atoms with Crippen molar-refractivity contribution in [2.45, 2.75) is 115 Å². The number of nitrogens with two attached hydrogens (primary N) is 1. The Morgan fingerprint density at radius 2 is 0.988 bits per heavy atom. The maximum absolute atomic E-state index is 12.2. The molecular weight excluding hydrogens is 1140 g/mol. The molecule has 0 amide bonds. The van der Waals surface area contributed by atoms with Gasteiger partial charge in [-0.25, -0.2) is 18.7 Å². The summed E-state index contributed by atoms with van der Waals surface area (Å²) in [5.74, 6) is 1.44. The molecule has 14 nitrogen and oxygen atoms in total. The van der Waals surface area contributed by atoms with Gasteiger partial charge in [-0.15, -0.1) is 15.8 Å². The molecule has 3 N–H and O–H groups in total. The van der Waals surface area contributed by atoms with Crippen LogP contribution in [0.1, 0.15) is 96.8 Å². The van der Waals surface area contributed by atoms with Crippen molar-refractivity contribution >= 4 is 35.5 Å². The van der Waals surface area contributed by atoms with Crippen molar-refractivity contribution in [3.8, 4) is 28.6 Å². The number of nitrogen functional groups attached to an aromatic ring is 1. The summed E-state index contributed by atoms with van der Waals surface area (Å²) in [5.41, 5.74) is 9.32. The Hall–Kier alpha value is -7.31. The number of fused-ring (bicyclic) bond motifs is 3. The van der Waals surface area contributed by atoms with Gasteiger partial charge in [0.25, 0.3) is 5.88 Å². The number of anilines is 3. The maximum atomic E-state index is 12.2. The van der Waals surface area contributed by atoms with Gasteiger partial charge in [0.1, 0.15) is 5.82 Å². The third-order valence-electron chi connectivity index (χ3n) is 14.2. The number of nitrogens with zero attached hydrogens (tertiary/aromatic N) is 8. The molecule has 86 heavy (non-hydrogen) atoms. The summed E-state index contributed by atoms with van der Waals surface area (Å²) in [6.07, 6.45) is 5.07. The molecule has 4 aromatic heterocycles. The van der Waals surface area contributed by atoms with E-state index in [2.05, 4.69) is 126 Å². The first kappa shape index (κ1) is 66.2. The number of alkyl halides is 3. The van der Waals surface area contributed by atoms with Crippen LogP contribution in [0.25, 0.3) is 22.7 Å². The molecule has 1 saturated carbocycles. The van der Waals surface area contributed by atoms with Crippen LogP contribution < -0.4 is 49.9 Å². The first-order valence-electron chi connectivity index (χ1n) is 27.7. The quantitative estimate of drug-likeness (QED) is 0.0612. The maximum Gasteiger partial charge on any atom is 1.00 e. The molecule has 5 heterocycles. The Labute approximate surface area is 526 Å². The van der Waals surface area contributed by atoms with Crippen LogP contribution in [0, 0.1) is 13.8 Å². The van der Waals surface area contributed by atoms with Crippen LogP contribution in [-0.2, 0) is 20.7 Å². The van der Waals surface area contributed by atoms with Gasteiger partial charge in [0.15, 0.2) is 11.6 Å². The van der Waals surface area contributed by atoms with Crippen LogP contribution in [0.3, 0.4) is 0 Å². The number of hydrogen-bond acceptors (Lipinski definition) is 10. The Morgan fingerprint density at radius 1 is 0.570 bits per heavy atom. The van der Waals surface area contributed by atoms with Crippen molar-refractivity contribution in [3.63, 3.8) is 0 Å². The monoisotopic (exact) mass is 1210 g/mol. The van der Waals surface area contributed by atoms with Crippen LogP contribution in [0.2, 0.25) is 0 Å². The Bertz CT molecular complexity index is 3900. The summed E-state index contributed by atoms with van der Waals surface area (Å²) >= 11 is 0. The van der Waals surface area contributed by atoms with Gasteiger partial charge >= 0.3 is 45.2 Å². The van der Waals surface area contributed by atoms with E-state index >= 15 is 0 Å². The molecule has 1 fully saturated rings. The Morgan fingerprint density at radius 3 is 1.45 bits per heavy atom. The molecule has 0 bridgehead atoms. The fourth-order valence-corrected chi connectivity index (χ4v) is 17.5. The van der Waals surface area contributed by atoms with E-state index in [1.807, 2.05) is 132 Å². The fourth-order valence-electron chi connectivity index (χ4n) is 11.3. The third kappa shape index (κ3) is 15.4. The number of benzene rings is 6. The smallest absolute Gasteiger partial charge is 0.850 e. The van der Waals surface area contributed by atoms with E-state index in [9.17, 15) is 26.7 Å². The number of halogens is 3. The van der Waals surface area contributed by atoms with Crippen molar-refractivity contribution in [2.75, 3.05) is 11.1 Å². The molecule has 12 rings (SSSR count). The van der Waals surface area contributed by atoms with Gasteiger partial charge < -0.3 is 20.3 Å². The molecule has 0 saturated heterocycles. The van der Waals surface area contributed by atoms with E-state index in [1.165, 1.54) is 16.7 Å². The number of rotatable bonds is 9. The minimum absolute atomic E-state index is 0. The predicted octanol–water partition coefficient (Wildman–Crippen LogP) is 11.8. The Kier molecular flexibility index (Phi) is 20.6. The SMILES string of the molecule is CC(C)(C)P1C(C)(C)c2ccccc2C2(c3ccccc3)CC12C.CC(C)(C)[O-].Cc1cc(Nc2ccn(-c3ccccc3)n2)nn1-c1ccccc1.Cc1cc(OS(=O)(=O)C(F)(F)F)nn1-c1ccccc1.Nc1ccn(-c2ccccc2)n1.[Na+]. The molecule has 2 aliphatic rings. The zero-order valence-corrected chi connectivity index (χ0v) is 54.4. The van der Waals surface area contributed by atoms with E-state index in [-0.39, 0.29) is 48.0 Å². The number of aromatic nitrogens is 8. The number of nitrogens with one attached hydrogen (secondary N) is 1. The normalized spacial score (nSPS) is 17.3. The molecule has 3 atom stereocenters. The van der Waals surface area contributed by atoms with Crippen LogP contribution in [-0.4, -0.2) is 69.0 Å². The predicted molar refractivity (Wildman–Crippen MR) is 333 cm³/mol. The zero-order valence-electron chi connectivity index (χ0n) is 50.7. The van der Waals surface area contributed by atoms with E-state index in [1.54, 1.807) is 79.9 Å². The van der Waals surface area contributed by atoms with Gasteiger partial charge in [-0.3, -0.25) is 0 Å². The number of hydrogen-bond donors (Lipinski definition) is 2. The number of aryl methyl sites for hydroxylation is 2. The third-order valence-corrected chi connectivity index (χ3v) is 19.4. The number of para-hydroxylation sites is 4. The van der Waals surface area contributed by atoms with Gasteiger partial charge in [0.2, 0.25) is 0 Å². The second-order valence-corrected chi connectivity index (χ2v) is 29.0. The molecule has 3 unspecified atom stereocenters. The summed E-state index contributed by atoms with van der Waals surface area (Å²) in [5, 5.41) is 31.3. The summed E-state index contributed by atoms with van der Waals surface area (Å²) < 4.78 is 69.1. The van der Waals surface area contributed by atoms with E-state index < -0.39 is 27.1 Å². The van der Waals surface area contributed by atoms with Crippen molar-refractivity contribution in [3.05, 3.63) is 241 Å². The molecular formula is C66H73F3N10NaO4PS. The molecule has 0 radical (unpaired) electrons. The molecule has 1 aliphatic carbocycles. The minimum Gasteiger partial charge on any atom is -0.850 e. The van der Waals surface area contributed by atoms with Gasteiger partial charge in [-0.1, -0.05) is 198 Å². The second kappa shape index (κ2) is 26.8. The Balaban J connectivity index is 0.000000163. The van der Waals surface area contributed by atoms with Crippen molar-refractivity contribution < 1.29 is 60.4 Å².